The second-order valence-electron chi connectivity index (χ2n) is 3.54. The number of hydrogen-bond donors (Lipinski definition) is 1. The van der Waals surface area contributed by atoms with Crippen LogP contribution < -0.4 is 5.32 Å². The highest BCUT2D eigenvalue weighted by Gasteiger charge is 2.11. The van der Waals surface area contributed by atoms with Gasteiger partial charge in [-0.1, -0.05) is 6.07 Å². The Morgan fingerprint density at radius 3 is 3.06 bits per heavy atom. The third-order valence-electron chi connectivity index (χ3n) is 2.23. The molecule has 1 aromatic rings. The average molecular weight is 222 g/mol. The summed E-state index contributed by atoms with van der Waals surface area (Å²) < 4.78 is 4.89. The molecule has 0 amide bonds. The van der Waals surface area contributed by atoms with Crippen molar-refractivity contribution in [2.24, 2.45) is 0 Å². The highest BCUT2D eigenvalue weighted by atomic mass is 16.5. The summed E-state index contributed by atoms with van der Waals surface area (Å²) in [5.41, 5.74) is 1.16. The molecule has 0 bridgehead atoms. The largest absolute Gasteiger partial charge is 0.465 e. The van der Waals surface area contributed by atoms with Crippen molar-refractivity contribution in [1.82, 2.24) is 10.3 Å². The van der Waals surface area contributed by atoms with Crippen molar-refractivity contribution in [2.75, 3.05) is 13.2 Å². The van der Waals surface area contributed by atoms with Gasteiger partial charge in [-0.05, 0) is 31.9 Å². The molecule has 0 aliphatic rings. The maximum atomic E-state index is 11.3. The predicted octanol–water partition coefficient (Wildman–Crippen LogP) is 1.17. The lowest BCUT2D eigenvalue weighted by Gasteiger charge is -2.12. The molecule has 0 saturated heterocycles. The minimum absolute atomic E-state index is 0.200. The Bertz CT molecular complexity index is 314. The van der Waals surface area contributed by atoms with E-state index in [0.29, 0.717) is 6.61 Å². The van der Waals surface area contributed by atoms with Gasteiger partial charge in [-0.15, -0.1) is 0 Å². The Balaban J connectivity index is 2.23. The van der Waals surface area contributed by atoms with Gasteiger partial charge in [-0.3, -0.25) is 9.78 Å². The second-order valence-corrected chi connectivity index (χ2v) is 3.54. The van der Waals surface area contributed by atoms with Gasteiger partial charge in [0.1, 0.15) is 6.04 Å². The quantitative estimate of drug-likeness (QED) is 0.734. The van der Waals surface area contributed by atoms with Crippen LogP contribution in [0.4, 0.5) is 0 Å². The minimum Gasteiger partial charge on any atom is -0.465 e. The molecule has 16 heavy (non-hydrogen) atoms. The van der Waals surface area contributed by atoms with E-state index in [1.54, 1.807) is 20.0 Å². The number of ether oxygens (including phenoxy) is 1. The smallest absolute Gasteiger partial charge is 0.322 e. The molecule has 1 aromatic heterocycles. The first-order chi connectivity index (χ1) is 7.74. The summed E-state index contributed by atoms with van der Waals surface area (Å²) in [7, 11) is 0. The van der Waals surface area contributed by atoms with Gasteiger partial charge < -0.3 is 10.1 Å². The molecule has 88 valence electrons. The Labute approximate surface area is 96.0 Å². The fourth-order valence-corrected chi connectivity index (χ4v) is 1.33. The number of hydrogen-bond acceptors (Lipinski definition) is 4. The molecule has 1 heterocycles. The highest BCUT2D eigenvalue weighted by molar-refractivity contribution is 5.75. The fraction of sp³-hybridized carbons (Fsp3) is 0.500. The van der Waals surface area contributed by atoms with Gasteiger partial charge in [0.05, 0.1) is 6.61 Å². The minimum atomic E-state index is -0.253. The van der Waals surface area contributed by atoms with Crippen LogP contribution in [0, 0.1) is 0 Å². The lowest BCUT2D eigenvalue weighted by Crippen LogP contribution is -2.36. The van der Waals surface area contributed by atoms with E-state index in [2.05, 4.69) is 10.3 Å². The molecule has 0 aromatic carbocycles. The van der Waals surface area contributed by atoms with E-state index in [0.717, 1.165) is 18.5 Å². The SMILES string of the molecule is CCOC(=O)C(C)NCCc1cccnc1. The Hall–Kier alpha value is -1.42. The zero-order valence-corrected chi connectivity index (χ0v) is 9.77. The molecule has 0 aliphatic carbocycles. The molecule has 0 saturated carbocycles. The van der Waals surface area contributed by atoms with Crippen LogP contribution in [0.5, 0.6) is 0 Å². The van der Waals surface area contributed by atoms with Crippen molar-refractivity contribution >= 4 is 5.97 Å². The summed E-state index contributed by atoms with van der Waals surface area (Å²) >= 11 is 0. The Morgan fingerprint density at radius 1 is 1.62 bits per heavy atom. The third kappa shape index (κ3) is 4.40. The van der Waals surface area contributed by atoms with E-state index in [4.69, 9.17) is 4.74 Å². The van der Waals surface area contributed by atoms with Gasteiger partial charge in [0.2, 0.25) is 0 Å². The Morgan fingerprint density at radius 2 is 2.44 bits per heavy atom. The molecule has 1 rings (SSSR count). The van der Waals surface area contributed by atoms with Gasteiger partial charge in [-0.2, -0.15) is 0 Å². The first kappa shape index (κ1) is 12.6. The van der Waals surface area contributed by atoms with Crippen LogP contribution in [-0.2, 0) is 16.0 Å². The fourth-order valence-electron chi connectivity index (χ4n) is 1.33. The van der Waals surface area contributed by atoms with E-state index in [-0.39, 0.29) is 12.0 Å². The monoisotopic (exact) mass is 222 g/mol. The third-order valence-corrected chi connectivity index (χ3v) is 2.23. The number of nitrogens with one attached hydrogen (secondary N) is 1. The maximum absolute atomic E-state index is 11.3. The standard InChI is InChI=1S/C12H18N2O2/c1-3-16-12(15)10(2)14-8-6-11-5-4-7-13-9-11/h4-5,7,9-10,14H,3,6,8H2,1-2H3. The first-order valence-corrected chi connectivity index (χ1v) is 5.53. The van der Waals surface area contributed by atoms with Crippen molar-refractivity contribution < 1.29 is 9.53 Å². The lowest BCUT2D eigenvalue weighted by molar-refractivity contribution is -0.145. The average Bonchev–Trinajstić information content (AvgIpc) is 2.30. The van der Waals surface area contributed by atoms with Crippen molar-refractivity contribution in [2.45, 2.75) is 26.3 Å². The molecule has 1 unspecified atom stereocenters. The summed E-state index contributed by atoms with van der Waals surface area (Å²) in [4.78, 5) is 15.3. The zero-order chi connectivity index (χ0) is 11.8. The maximum Gasteiger partial charge on any atom is 0.322 e. The summed E-state index contributed by atoms with van der Waals surface area (Å²) in [6, 6.07) is 3.67. The van der Waals surface area contributed by atoms with E-state index >= 15 is 0 Å². The summed E-state index contributed by atoms with van der Waals surface area (Å²) in [5, 5.41) is 3.11. The first-order valence-electron chi connectivity index (χ1n) is 5.53. The van der Waals surface area contributed by atoms with Crippen LogP contribution in [0.2, 0.25) is 0 Å². The van der Waals surface area contributed by atoms with Crippen LogP contribution in [0.25, 0.3) is 0 Å². The molecule has 4 heteroatoms. The molecule has 1 atom stereocenters. The predicted molar refractivity (Wildman–Crippen MR) is 62.0 cm³/mol. The van der Waals surface area contributed by atoms with Gasteiger partial charge >= 0.3 is 5.97 Å². The molecular weight excluding hydrogens is 204 g/mol. The number of carbonyl (C=O) groups excluding carboxylic acids is 1. The lowest BCUT2D eigenvalue weighted by atomic mass is 10.2. The van der Waals surface area contributed by atoms with Crippen molar-refractivity contribution in [3.8, 4) is 0 Å². The molecule has 1 N–H and O–H groups in total. The summed E-state index contributed by atoms with van der Waals surface area (Å²) in [5.74, 6) is -0.200. The molecule has 4 nitrogen and oxygen atoms in total. The number of pyridine rings is 1. The molecule has 0 aliphatic heterocycles. The number of rotatable bonds is 6. The van der Waals surface area contributed by atoms with Gasteiger partial charge in [0.25, 0.3) is 0 Å². The zero-order valence-electron chi connectivity index (χ0n) is 9.77. The van der Waals surface area contributed by atoms with Crippen molar-refractivity contribution in [3.63, 3.8) is 0 Å². The topological polar surface area (TPSA) is 51.2 Å². The normalized spacial score (nSPS) is 12.1. The van der Waals surface area contributed by atoms with Crippen LogP contribution >= 0.6 is 0 Å². The van der Waals surface area contributed by atoms with E-state index in [9.17, 15) is 4.79 Å². The van der Waals surface area contributed by atoms with E-state index in [1.165, 1.54) is 0 Å². The van der Waals surface area contributed by atoms with Crippen LogP contribution in [0.15, 0.2) is 24.5 Å². The van der Waals surface area contributed by atoms with Gasteiger partial charge in [0.15, 0.2) is 0 Å². The Kier molecular flexibility index (Phi) is 5.50. The molecule has 0 radical (unpaired) electrons. The molecular formula is C12H18N2O2. The summed E-state index contributed by atoms with van der Waals surface area (Å²) in [6.45, 7) is 4.78. The number of carbonyl (C=O) groups is 1. The van der Waals surface area contributed by atoms with Gasteiger partial charge in [0, 0.05) is 18.9 Å². The number of esters is 1. The molecule has 0 fully saturated rings. The van der Waals surface area contributed by atoms with Crippen LogP contribution in [0.3, 0.4) is 0 Å². The second kappa shape index (κ2) is 6.95. The number of aromatic nitrogens is 1. The van der Waals surface area contributed by atoms with Crippen LogP contribution in [-0.4, -0.2) is 30.1 Å². The van der Waals surface area contributed by atoms with Crippen molar-refractivity contribution in [3.05, 3.63) is 30.1 Å². The van der Waals surface area contributed by atoms with E-state index in [1.807, 2.05) is 18.3 Å². The van der Waals surface area contributed by atoms with Crippen LogP contribution in [0.1, 0.15) is 19.4 Å². The number of nitrogens with zero attached hydrogens (tertiary/aromatic N) is 1. The summed E-state index contributed by atoms with van der Waals surface area (Å²) in [6.07, 6.45) is 4.44. The van der Waals surface area contributed by atoms with E-state index < -0.39 is 0 Å². The molecule has 0 spiro atoms. The van der Waals surface area contributed by atoms with Gasteiger partial charge in [-0.25, -0.2) is 0 Å². The highest BCUT2D eigenvalue weighted by Crippen LogP contribution is 1.96. The van der Waals surface area contributed by atoms with Crippen molar-refractivity contribution in [1.29, 1.82) is 0 Å².